The van der Waals surface area contributed by atoms with Crippen LogP contribution in [0.1, 0.15) is 21.7 Å². The molecule has 1 fully saturated rings. The number of hydrogen-bond donors (Lipinski definition) is 3. The fourth-order valence-corrected chi connectivity index (χ4v) is 2.88. The number of hydrogen-bond acceptors (Lipinski definition) is 6. The Bertz CT molecular complexity index is 918. The highest BCUT2D eigenvalue weighted by Crippen LogP contribution is 2.19. The predicted molar refractivity (Wildman–Crippen MR) is 98.4 cm³/mol. The van der Waals surface area contributed by atoms with Gasteiger partial charge in [-0.2, -0.15) is 0 Å². The molecule has 2 heterocycles. The summed E-state index contributed by atoms with van der Waals surface area (Å²) in [5.74, 6) is -0.710. The van der Waals surface area contributed by atoms with Crippen molar-refractivity contribution in [2.24, 2.45) is 0 Å². The van der Waals surface area contributed by atoms with E-state index in [1.54, 1.807) is 19.1 Å². The lowest BCUT2D eigenvalue weighted by atomic mass is 10.1. The number of morpholine rings is 1. The molecule has 0 atom stereocenters. The van der Waals surface area contributed by atoms with Crippen LogP contribution >= 0.6 is 0 Å². The zero-order chi connectivity index (χ0) is 19.4. The first kappa shape index (κ1) is 18.6. The number of aromatic amines is 1. The third-order valence-electron chi connectivity index (χ3n) is 4.28. The molecule has 3 rings (SSSR count). The number of aromatic nitrogens is 2. The number of aromatic carboxylic acids is 1. The van der Waals surface area contributed by atoms with Crippen molar-refractivity contribution < 1.29 is 19.4 Å². The summed E-state index contributed by atoms with van der Waals surface area (Å²) in [4.78, 5) is 44.3. The number of ether oxygens (including phenoxy) is 1. The van der Waals surface area contributed by atoms with E-state index in [0.717, 1.165) is 0 Å². The Morgan fingerprint density at radius 1 is 1.33 bits per heavy atom. The first-order valence-corrected chi connectivity index (χ1v) is 8.50. The van der Waals surface area contributed by atoms with E-state index in [2.05, 4.69) is 15.3 Å². The third-order valence-corrected chi connectivity index (χ3v) is 4.28. The molecule has 0 aliphatic carbocycles. The van der Waals surface area contributed by atoms with Gasteiger partial charge in [-0.15, -0.1) is 0 Å². The molecule has 1 aromatic carbocycles. The van der Waals surface area contributed by atoms with Crippen molar-refractivity contribution in [3.05, 3.63) is 51.6 Å². The smallest absolute Gasteiger partial charge is 0.336 e. The van der Waals surface area contributed by atoms with Crippen LogP contribution in [-0.2, 0) is 16.0 Å². The normalized spacial score (nSPS) is 14.0. The van der Waals surface area contributed by atoms with Gasteiger partial charge in [0.15, 0.2) is 0 Å². The van der Waals surface area contributed by atoms with Crippen LogP contribution in [-0.4, -0.2) is 53.3 Å². The largest absolute Gasteiger partial charge is 0.478 e. The predicted octanol–water partition coefficient (Wildman–Crippen LogP) is 0.794. The maximum atomic E-state index is 12.4. The molecule has 1 aromatic heterocycles. The van der Waals surface area contributed by atoms with Gasteiger partial charge in [0, 0.05) is 24.8 Å². The standard InChI is InChI=1S/C18H20N4O5/c1-11-12(18(25)26)3-2-4-13(11)19-16(23)9-14-20-15(10-17(24)21-14)22-5-7-27-8-6-22/h2-4,10H,5-9H2,1H3,(H,19,23)(H,25,26)(H,20,21,24). The van der Waals surface area contributed by atoms with Crippen molar-refractivity contribution in [3.8, 4) is 0 Å². The third kappa shape index (κ3) is 4.50. The lowest BCUT2D eigenvalue weighted by Gasteiger charge is -2.27. The molecule has 0 bridgehead atoms. The number of benzene rings is 1. The summed E-state index contributed by atoms with van der Waals surface area (Å²) in [5.41, 5.74) is 0.653. The Balaban J connectivity index is 1.75. The number of nitrogens with zero attached hydrogens (tertiary/aromatic N) is 2. The molecule has 1 amide bonds. The van der Waals surface area contributed by atoms with Crippen LogP contribution in [0.3, 0.4) is 0 Å². The first-order chi connectivity index (χ1) is 12.9. The van der Waals surface area contributed by atoms with E-state index >= 15 is 0 Å². The number of carboxylic acid groups (broad SMARTS) is 1. The van der Waals surface area contributed by atoms with E-state index in [0.29, 0.717) is 43.4 Å². The number of amides is 1. The van der Waals surface area contributed by atoms with Crippen LogP contribution < -0.4 is 15.8 Å². The second-order valence-corrected chi connectivity index (χ2v) is 6.16. The highest BCUT2D eigenvalue weighted by Gasteiger charge is 2.16. The maximum absolute atomic E-state index is 12.4. The van der Waals surface area contributed by atoms with Crippen LogP contribution in [0.25, 0.3) is 0 Å². The van der Waals surface area contributed by atoms with Gasteiger partial charge in [0.1, 0.15) is 11.6 Å². The highest BCUT2D eigenvalue weighted by atomic mass is 16.5. The fraction of sp³-hybridized carbons (Fsp3) is 0.333. The number of carbonyl (C=O) groups is 2. The second-order valence-electron chi connectivity index (χ2n) is 6.16. The molecule has 0 unspecified atom stereocenters. The molecule has 9 heteroatoms. The van der Waals surface area contributed by atoms with Gasteiger partial charge >= 0.3 is 5.97 Å². The number of rotatable bonds is 5. The van der Waals surface area contributed by atoms with Crippen molar-refractivity contribution in [2.45, 2.75) is 13.3 Å². The second kappa shape index (κ2) is 8.00. The van der Waals surface area contributed by atoms with Gasteiger partial charge in [-0.25, -0.2) is 9.78 Å². The molecule has 0 spiro atoms. The lowest BCUT2D eigenvalue weighted by molar-refractivity contribution is -0.115. The van der Waals surface area contributed by atoms with E-state index < -0.39 is 11.9 Å². The van der Waals surface area contributed by atoms with Crippen LogP contribution in [0.15, 0.2) is 29.1 Å². The average molecular weight is 372 g/mol. The van der Waals surface area contributed by atoms with Crippen molar-refractivity contribution in [1.82, 2.24) is 9.97 Å². The molecule has 142 valence electrons. The van der Waals surface area contributed by atoms with E-state index in [-0.39, 0.29) is 23.4 Å². The van der Waals surface area contributed by atoms with Gasteiger partial charge in [-0.05, 0) is 24.6 Å². The molecular weight excluding hydrogens is 352 g/mol. The quantitative estimate of drug-likeness (QED) is 0.709. The maximum Gasteiger partial charge on any atom is 0.336 e. The van der Waals surface area contributed by atoms with Gasteiger partial charge in [0.2, 0.25) is 5.91 Å². The number of nitrogens with one attached hydrogen (secondary N) is 2. The molecule has 27 heavy (non-hydrogen) atoms. The minimum Gasteiger partial charge on any atom is -0.478 e. The summed E-state index contributed by atoms with van der Waals surface area (Å²) in [6, 6.07) is 6.05. The number of carboxylic acids is 1. The molecule has 3 N–H and O–H groups in total. The summed E-state index contributed by atoms with van der Waals surface area (Å²) >= 11 is 0. The zero-order valence-electron chi connectivity index (χ0n) is 14.8. The Morgan fingerprint density at radius 3 is 2.78 bits per heavy atom. The van der Waals surface area contributed by atoms with E-state index in [1.165, 1.54) is 12.1 Å². The Morgan fingerprint density at radius 2 is 2.07 bits per heavy atom. The van der Waals surface area contributed by atoms with E-state index in [4.69, 9.17) is 9.84 Å². The molecule has 1 saturated heterocycles. The topological polar surface area (TPSA) is 125 Å². The summed E-state index contributed by atoms with van der Waals surface area (Å²) in [6.07, 6.45) is -0.135. The minimum absolute atomic E-state index is 0.119. The lowest BCUT2D eigenvalue weighted by Crippen LogP contribution is -2.37. The monoisotopic (exact) mass is 372 g/mol. The number of anilines is 2. The summed E-state index contributed by atoms with van der Waals surface area (Å²) in [6.45, 7) is 4.00. The van der Waals surface area contributed by atoms with Crippen LogP contribution in [0.4, 0.5) is 11.5 Å². The molecule has 0 radical (unpaired) electrons. The Kier molecular flexibility index (Phi) is 5.51. The summed E-state index contributed by atoms with van der Waals surface area (Å²) < 4.78 is 5.29. The van der Waals surface area contributed by atoms with Gasteiger partial charge in [0.25, 0.3) is 5.56 Å². The summed E-state index contributed by atoms with van der Waals surface area (Å²) in [7, 11) is 0. The fourth-order valence-electron chi connectivity index (χ4n) is 2.88. The highest BCUT2D eigenvalue weighted by molar-refractivity contribution is 5.96. The van der Waals surface area contributed by atoms with Gasteiger partial charge in [-0.3, -0.25) is 9.59 Å². The van der Waals surface area contributed by atoms with Crippen LogP contribution in [0.5, 0.6) is 0 Å². The summed E-state index contributed by atoms with van der Waals surface area (Å²) in [5, 5.41) is 11.8. The van der Waals surface area contributed by atoms with Crippen molar-refractivity contribution in [2.75, 3.05) is 36.5 Å². The van der Waals surface area contributed by atoms with Gasteiger partial charge in [0.05, 0.1) is 25.2 Å². The molecule has 1 aliphatic rings. The zero-order valence-corrected chi connectivity index (χ0v) is 14.8. The van der Waals surface area contributed by atoms with E-state index in [1.807, 2.05) is 4.90 Å². The van der Waals surface area contributed by atoms with Crippen molar-refractivity contribution in [1.29, 1.82) is 0 Å². The molecule has 1 aliphatic heterocycles. The van der Waals surface area contributed by atoms with Gasteiger partial charge < -0.3 is 25.0 Å². The average Bonchev–Trinajstić information content (AvgIpc) is 2.63. The number of carbonyl (C=O) groups excluding carboxylic acids is 1. The molecule has 9 nitrogen and oxygen atoms in total. The van der Waals surface area contributed by atoms with Crippen molar-refractivity contribution >= 4 is 23.4 Å². The molecule has 0 saturated carbocycles. The Hall–Kier alpha value is -3.20. The van der Waals surface area contributed by atoms with Crippen molar-refractivity contribution in [3.63, 3.8) is 0 Å². The molecular formula is C18H20N4O5. The minimum atomic E-state index is -1.06. The first-order valence-electron chi connectivity index (χ1n) is 8.50. The SMILES string of the molecule is Cc1c(NC(=O)Cc2nc(N3CCOCC3)cc(=O)[nH]2)cccc1C(=O)O. The van der Waals surface area contributed by atoms with Gasteiger partial charge in [-0.1, -0.05) is 6.07 Å². The van der Waals surface area contributed by atoms with Crippen LogP contribution in [0, 0.1) is 6.92 Å². The van der Waals surface area contributed by atoms with Crippen LogP contribution in [0.2, 0.25) is 0 Å². The molecule has 2 aromatic rings. The number of H-pyrrole nitrogens is 1. The Labute approximate surface area is 155 Å². The van der Waals surface area contributed by atoms with E-state index in [9.17, 15) is 14.4 Å².